The number of hydrogen-bond acceptors (Lipinski definition) is 4. The molecule has 0 radical (unpaired) electrons. The van der Waals surface area contributed by atoms with Crippen molar-refractivity contribution in [3.63, 3.8) is 0 Å². The standard InChI is InChI=1S/C18H21ClN2O3S2/c1-14-3-9-17(10-4-14)26(23,24)21(2)13-18(22)20-11-12-25-16-7-5-15(19)6-8-16/h3-10H,11-13H2,1-2H3,(H,20,22). The molecule has 2 aromatic carbocycles. The Bertz CT molecular complexity index is 838. The van der Waals surface area contributed by atoms with Gasteiger partial charge in [0.15, 0.2) is 0 Å². The van der Waals surface area contributed by atoms with Gasteiger partial charge in [-0.25, -0.2) is 8.42 Å². The van der Waals surface area contributed by atoms with Gasteiger partial charge in [-0.15, -0.1) is 11.8 Å². The zero-order valence-corrected chi connectivity index (χ0v) is 17.0. The number of benzene rings is 2. The van der Waals surface area contributed by atoms with Crippen LogP contribution < -0.4 is 5.32 Å². The molecular formula is C18H21ClN2O3S2. The number of rotatable bonds is 8. The summed E-state index contributed by atoms with van der Waals surface area (Å²) >= 11 is 7.42. The molecule has 2 aromatic rings. The lowest BCUT2D eigenvalue weighted by Crippen LogP contribution is -2.39. The summed E-state index contributed by atoms with van der Waals surface area (Å²) in [4.78, 5) is 13.2. The number of nitrogens with one attached hydrogen (secondary N) is 1. The third-order valence-electron chi connectivity index (χ3n) is 3.60. The average Bonchev–Trinajstić information content (AvgIpc) is 2.60. The largest absolute Gasteiger partial charge is 0.354 e. The Kier molecular flexibility index (Phi) is 7.52. The van der Waals surface area contributed by atoms with Crippen LogP contribution in [0.5, 0.6) is 0 Å². The van der Waals surface area contributed by atoms with Gasteiger partial charge in [-0.3, -0.25) is 4.79 Å². The fraction of sp³-hybridized carbons (Fsp3) is 0.278. The molecule has 1 N–H and O–H groups in total. The Labute approximate surface area is 163 Å². The first-order valence-corrected chi connectivity index (χ1v) is 10.8. The van der Waals surface area contributed by atoms with Crippen molar-refractivity contribution in [2.45, 2.75) is 16.7 Å². The van der Waals surface area contributed by atoms with Crippen molar-refractivity contribution < 1.29 is 13.2 Å². The van der Waals surface area contributed by atoms with E-state index in [1.165, 1.54) is 7.05 Å². The molecule has 0 saturated heterocycles. The fourth-order valence-corrected chi connectivity index (χ4v) is 4.14. The van der Waals surface area contributed by atoms with Crippen molar-refractivity contribution in [3.05, 3.63) is 59.1 Å². The van der Waals surface area contributed by atoms with Crippen molar-refractivity contribution in [2.75, 3.05) is 25.9 Å². The number of hydrogen-bond donors (Lipinski definition) is 1. The first-order valence-electron chi connectivity index (χ1n) is 7.97. The molecule has 0 fully saturated rings. The molecular weight excluding hydrogens is 392 g/mol. The zero-order chi connectivity index (χ0) is 19.2. The first kappa shape index (κ1) is 20.8. The summed E-state index contributed by atoms with van der Waals surface area (Å²) in [6, 6.07) is 14.0. The highest BCUT2D eigenvalue weighted by molar-refractivity contribution is 7.99. The topological polar surface area (TPSA) is 66.5 Å². The molecule has 5 nitrogen and oxygen atoms in total. The minimum Gasteiger partial charge on any atom is -0.354 e. The summed E-state index contributed by atoms with van der Waals surface area (Å²) in [5.41, 5.74) is 0.975. The molecule has 0 heterocycles. The van der Waals surface area contributed by atoms with Crippen LogP contribution in [0.3, 0.4) is 0 Å². The quantitative estimate of drug-likeness (QED) is 0.534. The number of aryl methyl sites for hydroxylation is 1. The van der Waals surface area contributed by atoms with E-state index in [-0.39, 0.29) is 17.3 Å². The van der Waals surface area contributed by atoms with Gasteiger partial charge in [0, 0.05) is 29.3 Å². The zero-order valence-electron chi connectivity index (χ0n) is 14.6. The molecule has 0 unspecified atom stereocenters. The van der Waals surface area contributed by atoms with E-state index in [2.05, 4.69) is 5.32 Å². The number of amides is 1. The Morgan fingerprint density at radius 1 is 1.12 bits per heavy atom. The van der Waals surface area contributed by atoms with Gasteiger partial charge in [0.1, 0.15) is 0 Å². The third-order valence-corrected chi connectivity index (χ3v) is 6.69. The molecule has 0 aromatic heterocycles. The summed E-state index contributed by atoms with van der Waals surface area (Å²) in [5.74, 6) is 0.349. The van der Waals surface area contributed by atoms with E-state index < -0.39 is 10.0 Å². The SMILES string of the molecule is Cc1ccc(S(=O)(=O)N(C)CC(=O)NCCSc2ccc(Cl)cc2)cc1. The molecule has 2 rings (SSSR count). The molecule has 0 saturated carbocycles. The van der Waals surface area contributed by atoms with Crippen LogP contribution in [-0.4, -0.2) is 44.5 Å². The van der Waals surface area contributed by atoms with Gasteiger partial charge in [-0.2, -0.15) is 4.31 Å². The van der Waals surface area contributed by atoms with Crippen LogP contribution in [0.4, 0.5) is 0 Å². The van der Waals surface area contributed by atoms with Crippen LogP contribution in [0.25, 0.3) is 0 Å². The van der Waals surface area contributed by atoms with Gasteiger partial charge >= 0.3 is 0 Å². The molecule has 8 heteroatoms. The van der Waals surface area contributed by atoms with Gasteiger partial charge in [-0.05, 0) is 43.3 Å². The summed E-state index contributed by atoms with van der Waals surface area (Å²) in [5, 5.41) is 3.42. The maximum atomic E-state index is 12.5. The van der Waals surface area contributed by atoms with Crippen LogP contribution in [-0.2, 0) is 14.8 Å². The van der Waals surface area contributed by atoms with E-state index in [1.54, 1.807) is 36.0 Å². The predicted molar refractivity (Wildman–Crippen MR) is 106 cm³/mol. The first-order chi connectivity index (χ1) is 12.3. The number of nitrogens with zero attached hydrogens (tertiary/aromatic N) is 1. The van der Waals surface area contributed by atoms with Crippen LogP contribution in [0.1, 0.15) is 5.56 Å². The van der Waals surface area contributed by atoms with E-state index >= 15 is 0 Å². The van der Waals surface area contributed by atoms with Crippen molar-refractivity contribution in [1.29, 1.82) is 0 Å². The monoisotopic (exact) mass is 412 g/mol. The van der Waals surface area contributed by atoms with Gasteiger partial charge in [0.25, 0.3) is 0 Å². The van der Waals surface area contributed by atoms with E-state index in [0.29, 0.717) is 17.3 Å². The number of halogens is 1. The number of likely N-dealkylation sites (N-methyl/N-ethyl adjacent to an activating group) is 1. The number of thioether (sulfide) groups is 1. The highest BCUT2D eigenvalue weighted by Crippen LogP contribution is 2.19. The minimum absolute atomic E-state index is 0.177. The summed E-state index contributed by atoms with van der Waals surface area (Å²) in [7, 11) is -2.27. The average molecular weight is 413 g/mol. The molecule has 140 valence electrons. The molecule has 0 aliphatic rings. The van der Waals surface area contributed by atoms with Gasteiger partial charge in [-0.1, -0.05) is 29.3 Å². The Morgan fingerprint density at radius 3 is 2.35 bits per heavy atom. The van der Waals surface area contributed by atoms with Crippen molar-refractivity contribution in [3.8, 4) is 0 Å². The third kappa shape index (κ3) is 6.02. The molecule has 0 aliphatic carbocycles. The smallest absolute Gasteiger partial charge is 0.243 e. The van der Waals surface area contributed by atoms with E-state index in [1.807, 2.05) is 31.2 Å². The molecule has 26 heavy (non-hydrogen) atoms. The van der Waals surface area contributed by atoms with Crippen LogP contribution in [0.15, 0.2) is 58.3 Å². The van der Waals surface area contributed by atoms with Gasteiger partial charge < -0.3 is 5.32 Å². The van der Waals surface area contributed by atoms with Crippen molar-refractivity contribution >= 4 is 39.3 Å². The van der Waals surface area contributed by atoms with Crippen LogP contribution in [0.2, 0.25) is 5.02 Å². The predicted octanol–water partition coefficient (Wildman–Crippen LogP) is 3.18. The highest BCUT2D eigenvalue weighted by Gasteiger charge is 2.22. The maximum Gasteiger partial charge on any atom is 0.243 e. The highest BCUT2D eigenvalue weighted by atomic mass is 35.5. The second kappa shape index (κ2) is 9.41. The summed E-state index contributed by atoms with van der Waals surface area (Å²) in [6.45, 7) is 2.11. The molecule has 0 atom stereocenters. The normalized spacial score (nSPS) is 11.5. The maximum absolute atomic E-state index is 12.5. The number of carbonyl (C=O) groups is 1. The van der Waals surface area contributed by atoms with E-state index in [0.717, 1.165) is 14.8 Å². The molecule has 1 amide bonds. The lowest BCUT2D eigenvalue weighted by atomic mass is 10.2. The number of carbonyl (C=O) groups excluding carboxylic acids is 1. The van der Waals surface area contributed by atoms with Crippen LogP contribution in [0, 0.1) is 6.92 Å². The molecule has 0 spiro atoms. The van der Waals surface area contributed by atoms with Gasteiger partial charge in [0.2, 0.25) is 15.9 Å². The van der Waals surface area contributed by atoms with Crippen molar-refractivity contribution in [2.24, 2.45) is 0 Å². The second-order valence-electron chi connectivity index (χ2n) is 5.73. The summed E-state index contributed by atoms with van der Waals surface area (Å²) in [6.07, 6.45) is 0. The van der Waals surface area contributed by atoms with Gasteiger partial charge in [0.05, 0.1) is 11.4 Å². The summed E-state index contributed by atoms with van der Waals surface area (Å²) < 4.78 is 26.0. The Hall–Kier alpha value is -1.54. The fourth-order valence-electron chi connectivity index (χ4n) is 2.12. The van der Waals surface area contributed by atoms with E-state index in [4.69, 9.17) is 11.6 Å². The minimum atomic E-state index is -3.67. The van der Waals surface area contributed by atoms with Crippen molar-refractivity contribution in [1.82, 2.24) is 9.62 Å². The number of sulfonamides is 1. The van der Waals surface area contributed by atoms with Crippen LogP contribution >= 0.6 is 23.4 Å². The lowest BCUT2D eigenvalue weighted by molar-refractivity contribution is -0.121. The molecule has 0 aliphatic heterocycles. The Morgan fingerprint density at radius 2 is 1.73 bits per heavy atom. The van der Waals surface area contributed by atoms with E-state index in [9.17, 15) is 13.2 Å². The molecule has 0 bridgehead atoms. The Balaban J connectivity index is 1.79. The second-order valence-corrected chi connectivity index (χ2v) is 9.38. The lowest BCUT2D eigenvalue weighted by Gasteiger charge is -2.17.